The van der Waals surface area contributed by atoms with Gasteiger partial charge in [-0.25, -0.2) is 0 Å². The first-order chi connectivity index (χ1) is 9.54. The topological polar surface area (TPSA) is 29.5 Å². The number of aryl methyl sites for hydroxylation is 1. The molecule has 1 aliphatic heterocycles. The molecule has 1 aliphatic rings. The van der Waals surface area contributed by atoms with Crippen LogP contribution in [0.15, 0.2) is 40.9 Å². The molecule has 104 valence electrons. The van der Waals surface area contributed by atoms with Crippen LogP contribution in [0.1, 0.15) is 35.3 Å². The van der Waals surface area contributed by atoms with Crippen molar-refractivity contribution in [3.63, 3.8) is 0 Å². The lowest BCUT2D eigenvalue weighted by Gasteiger charge is -2.30. The summed E-state index contributed by atoms with van der Waals surface area (Å²) < 4.78 is 6.93. The maximum absolute atomic E-state index is 10.3. The van der Waals surface area contributed by atoms with Crippen molar-refractivity contribution >= 4 is 27.5 Å². The van der Waals surface area contributed by atoms with E-state index < -0.39 is 6.10 Å². The zero-order valence-electron chi connectivity index (χ0n) is 10.9. The van der Waals surface area contributed by atoms with E-state index in [1.165, 1.54) is 0 Å². The van der Waals surface area contributed by atoms with Gasteiger partial charge < -0.3 is 9.84 Å². The number of benzene rings is 2. The quantitative estimate of drug-likeness (QED) is 0.784. The third kappa shape index (κ3) is 2.58. The summed E-state index contributed by atoms with van der Waals surface area (Å²) in [4.78, 5) is 0. The van der Waals surface area contributed by atoms with E-state index in [-0.39, 0.29) is 6.10 Å². The molecule has 2 aromatic rings. The second kappa shape index (κ2) is 5.40. The van der Waals surface area contributed by atoms with E-state index in [9.17, 15) is 5.11 Å². The fourth-order valence-corrected chi connectivity index (χ4v) is 3.31. The van der Waals surface area contributed by atoms with E-state index >= 15 is 0 Å². The van der Waals surface area contributed by atoms with Crippen molar-refractivity contribution in [3.8, 4) is 5.75 Å². The Labute approximate surface area is 131 Å². The van der Waals surface area contributed by atoms with Crippen molar-refractivity contribution in [2.24, 2.45) is 0 Å². The van der Waals surface area contributed by atoms with Crippen LogP contribution in [-0.4, -0.2) is 5.11 Å². The maximum Gasteiger partial charge on any atom is 0.128 e. The van der Waals surface area contributed by atoms with Crippen LogP contribution in [0.2, 0.25) is 5.02 Å². The highest BCUT2D eigenvalue weighted by Crippen LogP contribution is 2.42. The normalized spacial score (nSPS) is 21.2. The number of hydrogen-bond acceptors (Lipinski definition) is 2. The summed E-state index contributed by atoms with van der Waals surface area (Å²) in [7, 11) is 0. The van der Waals surface area contributed by atoms with E-state index in [0.717, 1.165) is 26.9 Å². The van der Waals surface area contributed by atoms with Gasteiger partial charge in [-0.3, -0.25) is 0 Å². The Hall–Kier alpha value is -1.03. The minimum atomic E-state index is -0.525. The van der Waals surface area contributed by atoms with E-state index in [1.807, 2.05) is 43.3 Å². The molecular formula is C16H14BrClO2. The molecule has 1 heterocycles. The summed E-state index contributed by atoms with van der Waals surface area (Å²) in [6.07, 6.45) is -0.234. The molecular weight excluding hydrogens is 340 g/mol. The lowest BCUT2D eigenvalue weighted by atomic mass is 9.94. The highest BCUT2D eigenvalue weighted by atomic mass is 79.9. The van der Waals surface area contributed by atoms with E-state index in [0.29, 0.717) is 11.4 Å². The average Bonchev–Trinajstić information content (AvgIpc) is 2.39. The first-order valence-corrected chi connectivity index (χ1v) is 7.62. The summed E-state index contributed by atoms with van der Waals surface area (Å²) in [5.41, 5.74) is 2.88. The molecule has 0 aliphatic carbocycles. The van der Waals surface area contributed by atoms with Gasteiger partial charge in [0.25, 0.3) is 0 Å². The van der Waals surface area contributed by atoms with Gasteiger partial charge in [-0.1, -0.05) is 45.2 Å². The predicted molar refractivity (Wildman–Crippen MR) is 83.3 cm³/mol. The van der Waals surface area contributed by atoms with Gasteiger partial charge in [0, 0.05) is 27.0 Å². The van der Waals surface area contributed by atoms with Gasteiger partial charge in [-0.2, -0.15) is 0 Å². The summed E-state index contributed by atoms with van der Waals surface area (Å²) >= 11 is 9.66. The van der Waals surface area contributed by atoms with Gasteiger partial charge in [0.05, 0.1) is 6.10 Å². The van der Waals surface area contributed by atoms with Gasteiger partial charge in [-0.05, 0) is 31.2 Å². The Morgan fingerprint density at radius 3 is 2.75 bits per heavy atom. The van der Waals surface area contributed by atoms with Crippen LogP contribution < -0.4 is 4.74 Å². The van der Waals surface area contributed by atoms with Crippen molar-refractivity contribution in [1.82, 2.24) is 0 Å². The predicted octanol–water partition coefficient (Wildman–Crippen LogP) is 4.97. The Morgan fingerprint density at radius 1 is 1.20 bits per heavy atom. The lowest BCUT2D eigenvalue weighted by Crippen LogP contribution is -2.19. The zero-order valence-corrected chi connectivity index (χ0v) is 13.3. The lowest BCUT2D eigenvalue weighted by molar-refractivity contribution is 0.0657. The second-order valence-electron chi connectivity index (χ2n) is 5.07. The fraction of sp³-hybridized carbons (Fsp3) is 0.250. The SMILES string of the molecule is Cc1ccc2c(c1)[C@H](O)CC(c1ccc(Br)cc1Cl)O2. The highest BCUT2D eigenvalue weighted by molar-refractivity contribution is 9.10. The number of ether oxygens (including phenoxy) is 1. The summed E-state index contributed by atoms with van der Waals surface area (Å²) in [6, 6.07) is 11.6. The van der Waals surface area contributed by atoms with Gasteiger partial charge in [-0.15, -0.1) is 0 Å². The van der Waals surface area contributed by atoms with E-state index in [4.69, 9.17) is 16.3 Å². The van der Waals surface area contributed by atoms with E-state index in [1.54, 1.807) is 0 Å². The number of rotatable bonds is 1. The molecule has 1 unspecified atom stereocenters. The van der Waals surface area contributed by atoms with Gasteiger partial charge >= 0.3 is 0 Å². The van der Waals surface area contributed by atoms with E-state index in [2.05, 4.69) is 15.9 Å². The number of fused-ring (bicyclic) bond motifs is 1. The molecule has 4 heteroatoms. The van der Waals surface area contributed by atoms with Crippen molar-refractivity contribution < 1.29 is 9.84 Å². The first-order valence-electron chi connectivity index (χ1n) is 6.45. The van der Waals surface area contributed by atoms with Crippen molar-refractivity contribution in [3.05, 3.63) is 62.6 Å². The van der Waals surface area contributed by atoms with Crippen LogP contribution in [0.4, 0.5) is 0 Å². The largest absolute Gasteiger partial charge is 0.485 e. The van der Waals surface area contributed by atoms with Crippen LogP contribution in [-0.2, 0) is 0 Å². The Bertz CT molecular complexity index is 657. The molecule has 2 aromatic carbocycles. The van der Waals surface area contributed by atoms with Crippen LogP contribution >= 0.6 is 27.5 Å². The summed E-state index contributed by atoms with van der Waals surface area (Å²) in [5, 5.41) is 11.0. The average molecular weight is 354 g/mol. The number of hydrogen-bond donors (Lipinski definition) is 1. The monoisotopic (exact) mass is 352 g/mol. The highest BCUT2D eigenvalue weighted by Gasteiger charge is 2.29. The van der Waals surface area contributed by atoms with Crippen LogP contribution in [0, 0.1) is 6.92 Å². The minimum absolute atomic E-state index is 0.221. The van der Waals surface area contributed by atoms with Crippen LogP contribution in [0.5, 0.6) is 5.75 Å². The molecule has 0 aromatic heterocycles. The molecule has 0 fully saturated rings. The zero-order chi connectivity index (χ0) is 14.3. The maximum atomic E-state index is 10.3. The van der Waals surface area contributed by atoms with Crippen LogP contribution in [0.3, 0.4) is 0 Å². The fourth-order valence-electron chi connectivity index (χ4n) is 2.52. The molecule has 0 spiro atoms. The second-order valence-corrected chi connectivity index (χ2v) is 6.39. The van der Waals surface area contributed by atoms with Crippen LogP contribution in [0.25, 0.3) is 0 Å². The van der Waals surface area contributed by atoms with Gasteiger partial charge in [0.15, 0.2) is 0 Å². The van der Waals surface area contributed by atoms with Crippen molar-refractivity contribution in [1.29, 1.82) is 0 Å². The third-order valence-electron chi connectivity index (χ3n) is 3.54. The molecule has 1 N–H and O–H groups in total. The molecule has 0 amide bonds. The molecule has 3 rings (SSSR count). The molecule has 2 atom stereocenters. The Kier molecular flexibility index (Phi) is 3.76. The molecule has 2 nitrogen and oxygen atoms in total. The van der Waals surface area contributed by atoms with Crippen molar-refractivity contribution in [2.75, 3.05) is 0 Å². The van der Waals surface area contributed by atoms with Gasteiger partial charge in [0.1, 0.15) is 11.9 Å². The van der Waals surface area contributed by atoms with Gasteiger partial charge in [0.2, 0.25) is 0 Å². The molecule has 0 saturated carbocycles. The smallest absolute Gasteiger partial charge is 0.128 e. The Morgan fingerprint density at radius 2 is 2.00 bits per heavy atom. The minimum Gasteiger partial charge on any atom is -0.485 e. The number of aliphatic hydroxyl groups excluding tert-OH is 1. The van der Waals surface area contributed by atoms with Crippen molar-refractivity contribution in [2.45, 2.75) is 25.6 Å². The molecule has 0 saturated heterocycles. The first kappa shape index (κ1) is 13.9. The number of halogens is 2. The molecule has 0 radical (unpaired) electrons. The Balaban J connectivity index is 1.97. The summed E-state index contributed by atoms with van der Waals surface area (Å²) in [6.45, 7) is 2.00. The third-order valence-corrected chi connectivity index (χ3v) is 4.36. The molecule has 20 heavy (non-hydrogen) atoms. The molecule has 0 bridgehead atoms. The summed E-state index contributed by atoms with van der Waals surface area (Å²) in [5.74, 6) is 0.735. The number of aliphatic hydroxyl groups is 1. The standard InChI is InChI=1S/C16H14BrClO2/c1-9-2-5-15-12(6-9)14(19)8-16(20-15)11-4-3-10(17)7-13(11)18/h2-7,14,16,19H,8H2,1H3/t14-,16?/m1/s1.